The monoisotopic (exact) mass is 236 g/mol. The molecule has 0 aliphatic carbocycles. The van der Waals surface area contributed by atoms with Gasteiger partial charge in [-0.3, -0.25) is 4.79 Å². The second-order valence-electron chi connectivity index (χ2n) is 3.18. The zero-order chi connectivity index (χ0) is 11.7. The number of halogens is 1. The second-order valence-corrected chi connectivity index (χ2v) is 3.59. The first kappa shape index (κ1) is 10.5. The number of nitrogens with zero attached hydrogens (tertiary/aromatic N) is 2. The van der Waals surface area contributed by atoms with Crippen LogP contribution in [-0.4, -0.2) is 15.7 Å². The van der Waals surface area contributed by atoms with E-state index in [1.807, 2.05) is 0 Å². The van der Waals surface area contributed by atoms with Crippen LogP contribution in [0.1, 0.15) is 10.4 Å². The number of nitrogen functional groups attached to an aromatic ring is 1. The number of benzene rings is 1. The standard InChI is InChI=1S/C10H9ClN4O/c11-6-2-1-3-7(9(6)10(13)16)15-5-4-8(12)14-15/h1-5H,(H2,12,14)(H2,13,16). The number of amides is 1. The third-order valence-corrected chi connectivity index (χ3v) is 2.41. The molecular formula is C10H9ClN4O. The van der Waals surface area contributed by atoms with Gasteiger partial charge in [-0.1, -0.05) is 17.7 Å². The van der Waals surface area contributed by atoms with Gasteiger partial charge in [0.25, 0.3) is 5.91 Å². The zero-order valence-corrected chi connectivity index (χ0v) is 8.98. The first-order chi connectivity index (χ1) is 7.59. The fraction of sp³-hybridized carbons (Fsp3) is 0. The fourth-order valence-corrected chi connectivity index (χ4v) is 1.68. The molecule has 2 rings (SSSR count). The topological polar surface area (TPSA) is 86.9 Å². The van der Waals surface area contributed by atoms with E-state index in [9.17, 15) is 4.79 Å². The lowest BCUT2D eigenvalue weighted by Gasteiger charge is -2.07. The minimum Gasteiger partial charge on any atom is -0.382 e. The van der Waals surface area contributed by atoms with Gasteiger partial charge in [0, 0.05) is 12.3 Å². The Bertz CT molecular complexity index is 550. The summed E-state index contributed by atoms with van der Waals surface area (Å²) in [5.74, 6) is -0.245. The summed E-state index contributed by atoms with van der Waals surface area (Å²) in [7, 11) is 0. The number of carbonyl (C=O) groups is 1. The van der Waals surface area contributed by atoms with Crippen molar-refractivity contribution in [2.24, 2.45) is 5.73 Å². The number of carbonyl (C=O) groups excluding carboxylic acids is 1. The lowest BCUT2D eigenvalue weighted by atomic mass is 10.1. The number of hydrogen-bond donors (Lipinski definition) is 2. The predicted molar refractivity (Wildman–Crippen MR) is 61.5 cm³/mol. The summed E-state index contributed by atoms with van der Waals surface area (Å²) in [5.41, 5.74) is 11.5. The summed E-state index contributed by atoms with van der Waals surface area (Å²) < 4.78 is 1.46. The molecule has 6 heteroatoms. The average Bonchev–Trinajstić information content (AvgIpc) is 2.63. The summed E-state index contributed by atoms with van der Waals surface area (Å²) in [4.78, 5) is 11.3. The minimum absolute atomic E-state index is 0.229. The molecule has 0 bridgehead atoms. The molecule has 1 aromatic carbocycles. The van der Waals surface area contributed by atoms with Crippen LogP contribution in [0.2, 0.25) is 5.02 Å². The van der Waals surface area contributed by atoms with Crippen LogP contribution in [0.15, 0.2) is 30.5 Å². The molecule has 1 aromatic heterocycles. The highest BCUT2D eigenvalue weighted by molar-refractivity contribution is 6.34. The van der Waals surface area contributed by atoms with Crippen molar-refractivity contribution < 1.29 is 4.79 Å². The third kappa shape index (κ3) is 1.72. The predicted octanol–water partition coefficient (Wildman–Crippen LogP) is 1.21. The van der Waals surface area contributed by atoms with Crippen LogP contribution < -0.4 is 11.5 Å². The van der Waals surface area contributed by atoms with E-state index >= 15 is 0 Å². The highest BCUT2D eigenvalue weighted by atomic mass is 35.5. The number of rotatable bonds is 2. The largest absolute Gasteiger partial charge is 0.382 e. The Morgan fingerprint density at radius 2 is 2.12 bits per heavy atom. The maximum atomic E-state index is 11.3. The van der Waals surface area contributed by atoms with Gasteiger partial charge in [0.2, 0.25) is 0 Å². The van der Waals surface area contributed by atoms with Crippen molar-refractivity contribution in [1.82, 2.24) is 9.78 Å². The summed E-state index contributed by atoms with van der Waals surface area (Å²) in [5, 5.41) is 4.28. The fourth-order valence-electron chi connectivity index (χ4n) is 1.42. The smallest absolute Gasteiger partial charge is 0.252 e. The van der Waals surface area contributed by atoms with E-state index in [-0.39, 0.29) is 5.56 Å². The molecular weight excluding hydrogens is 228 g/mol. The molecule has 0 aliphatic heterocycles. The molecule has 5 nitrogen and oxygen atoms in total. The van der Waals surface area contributed by atoms with Gasteiger partial charge in [-0.15, -0.1) is 0 Å². The van der Waals surface area contributed by atoms with Gasteiger partial charge >= 0.3 is 0 Å². The SMILES string of the molecule is NC(=O)c1c(Cl)cccc1-n1ccc(N)n1. The molecule has 16 heavy (non-hydrogen) atoms. The first-order valence-corrected chi connectivity index (χ1v) is 4.87. The number of hydrogen-bond acceptors (Lipinski definition) is 3. The van der Waals surface area contributed by atoms with Crippen molar-refractivity contribution in [3.8, 4) is 5.69 Å². The Balaban J connectivity index is 2.65. The Labute approximate surface area is 96.6 Å². The highest BCUT2D eigenvalue weighted by Gasteiger charge is 2.14. The summed E-state index contributed by atoms with van der Waals surface area (Å²) in [6.45, 7) is 0. The average molecular weight is 237 g/mol. The summed E-state index contributed by atoms with van der Waals surface area (Å²) in [6, 6.07) is 6.62. The molecule has 0 fully saturated rings. The van der Waals surface area contributed by atoms with Crippen LogP contribution in [0.25, 0.3) is 5.69 Å². The van der Waals surface area contributed by atoms with E-state index in [4.69, 9.17) is 23.1 Å². The second kappa shape index (κ2) is 3.86. The highest BCUT2D eigenvalue weighted by Crippen LogP contribution is 2.22. The van der Waals surface area contributed by atoms with Crippen molar-refractivity contribution in [2.45, 2.75) is 0 Å². The van der Waals surface area contributed by atoms with E-state index in [0.29, 0.717) is 16.5 Å². The lowest BCUT2D eigenvalue weighted by molar-refractivity contribution is 0.100. The van der Waals surface area contributed by atoms with E-state index < -0.39 is 5.91 Å². The molecule has 0 unspecified atom stereocenters. The molecule has 2 aromatic rings. The number of aromatic nitrogens is 2. The Morgan fingerprint density at radius 1 is 1.38 bits per heavy atom. The maximum Gasteiger partial charge on any atom is 0.252 e. The van der Waals surface area contributed by atoms with Crippen molar-refractivity contribution in [3.63, 3.8) is 0 Å². The number of primary amides is 1. The van der Waals surface area contributed by atoms with Crippen molar-refractivity contribution in [2.75, 3.05) is 5.73 Å². The quantitative estimate of drug-likeness (QED) is 0.822. The maximum absolute atomic E-state index is 11.3. The molecule has 0 saturated carbocycles. The molecule has 0 aliphatic rings. The van der Waals surface area contributed by atoms with Crippen LogP contribution in [-0.2, 0) is 0 Å². The molecule has 0 radical (unpaired) electrons. The van der Waals surface area contributed by atoms with Crippen molar-refractivity contribution in [1.29, 1.82) is 0 Å². The van der Waals surface area contributed by atoms with Crippen LogP contribution in [0.4, 0.5) is 5.82 Å². The zero-order valence-electron chi connectivity index (χ0n) is 8.22. The van der Waals surface area contributed by atoms with Gasteiger partial charge in [-0.2, -0.15) is 5.10 Å². The Kier molecular flexibility index (Phi) is 2.54. The Hall–Kier alpha value is -2.01. The van der Waals surface area contributed by atoms with E-state index in [2.05, 4.69) is 5.10 Å². The summed E-state index contributed by atoms with van der Waals surface area (Å²) >= 11 is 5.91. The van der Waals surface area contributed by atoms with Crippen LogP contribution in [0.3, 0.4) is 0 Å². The molecule has 1 amide bonds. The van der Waals surface area contributed by atoms with E-state index in [1.165, 1.54) is 4.68 Å². The molecule has 0 atom stereocenters. The first-order valence-electron chi connectivity index (χ1n) is 4.49. The molecule has 4 N–H and O–H groups in total. The minimum atomic E-state index is -0.602. The van der Waals surface area contributed by atoms with Gasteiger partial charge < -0.3 is 11.5 Å². The third-order valence-electron chi connectivity index (χ3n) is 2.09. The molecule has 0 spiro atoms. The Morgan fingerprint density at radius 3 is 2.69 bits per heavy atom. The van der Waals surface area contributed by atoms with Crippen molar-refractivity contribution >= 4 is 23.3 Å². The number of anilines is 1. The normalized spacial score (nSPS) is 10.3. The molecule has 82 valence electrons. The van der Waals surface area contributed by atoms with E-state index in [1.54, 1.807) is 30.5 Å². The van der Waals surface area contributed by atoms with Gasteiger partial charge in [-0.25, -0.2) is 4.68 Å². The van der Waals surface area contributed by atoms with Gasteiger partial charge in [0.1, 0.15) is 5.82 Å². The van der Waals surface area contributed by atoms with Crippen molar-refractivity contribution in [3.05, 3.63) is 41.0 Å². The van der Waals surface area contributed by atoms with Gasteiger partial charge in [0.05, 0.1) is 16.3 Å². The molecule has 1 heterocycles. The van der Waals surface area contributed by atoms with E-state index in [0.717, 1.165) is 0 Å². The summed E-state index contributed by atoms with van der Waals surface area (Å²) in [6.07, 6.45) is 1.63. The van der Waals surface area contributed by atoms with Crippen LogP contribution in [0.5, 0.6) is 0 Å². The van der Waals surface area contributed by atoms with Gasteiger partial charge in [-0.05, 0) is 12.1 Å². The lowest BCUT2D eigenvalue weighted by Crippen LogP contribution is -2.15. The molecule has 0 saturated heterocycles. The van der Waals surface area contributed by atoms with Crippen LogP contribution in [0, 0.1) is 0 Å². The van der Waals surface area contributed by atoms with Gasteiger partial charge in [0.15, 0.2) is 0 Å². The number of nitrogens with two attached hydrogens (primary N) is 2. The van der Waals surface area contributed by atoms with Crippen LogP contribution >= 0.6 is 11.6 Å².